The van der Waals surface area contributed by atoms with Crippen molar-refractivity contribution >= 4 is 22.6 Å². The lowest BCUT2D eigenvalue weighted by Crippen LogP contribution is -2.29. The number of rotatable bonds is 2. The number of hydrogen-bond donors (Lipinski definition) is 0. The molecule has 1 saturated carbocycles. The topological polar surface area (TPSA) is 33.0 Å². The molecule has 0 aromatic heterocycles. The van der Waals surface area contributed by atoms with Gasteiger partial charge in [-0.25, -0.2) is 0 Å². The highest BCUT2D eigenvalue weighted by Gasteiger charge is 2.26. The third-order valence-corrected chi connectivity index (χ3v) is 3.62. The zero-order chi connectivity index (χ0) is 11.4. The van der Waals surface area contributed by atoms with Gasteiger partial charge in [0.2, 0.25) is 0 Å². The molecule has 0 N–H and O–H groups in total. The Morgan fingerprint density at radius 1 is 1.31 bits per heavy atom. The molecule has 3 heteroatoms. The maximum Gasteiger partial charge on any atom is 0.120 e. The van der Waals surface area contributed by atoms with Crippen LogP contribution in [0.1, 0.15) is 25.7 Å². The monoisotopic (exact) mass is 327 g/mol. The van der Waals surface area contributed by atoms with Gasteiger partial charge in [-0.2, -0.15) is 5.26 Å². The molecule has 2 atom stereocenters. The minimum Gasteiger partial charge on any atom is -0.489 e. The van der Waals surface area contributed by atoms with E-state index in [0.29, 0.717) is 0 Å². The zero-order valence-corrected chi connectivity index (χ0v) is 11.2. The molecule has 1 aromatic carbocycles. The van der Waals surface area contributed by atoms with Crippen LogP contribution in [0.2, 0.25) is 0 Å². The Labute approximate surface area is 110 Å². The van der Waals surface area contributed by atoms with E-state index in [4.69, 9.17) is 10.00 Å². The molecule has 0 spiro atoms. The number of halogens is 1. The van der Waals surface area contributed by atoms with E-state index in [1.807, 2.05) is 24.3 Å². The van der Waals surface area contributed by atoms with E-state index in [0.717, 1.165) is 25.0 Å². The van der Waals surface area contributed by atoms with Gasteiger partial charge in [-0.15, -0.1) is 0 Å². The zero-order valence-electron chi connectivity index (χ0n) is 9.03. The summed E-state index contributed by atoms with van der Waals surface area (Å²) in [5.41, 5.74) is 0. The number of hydrogen-bond acceptors (Lipinski definition) is 2. The minimum atomic E-state index is 0.0617. The Bertz CT molecular complexity index is 399. The molecule has 2 rings (SSSR count). The fourth-order valence-electron chi connectivity index (χ4n) is 2.10. The molecule has 2 unspecified atom stereocenters. The summed E-state index contributed by atoms with van der Waals surface area (Å²) in [7, 11) is 0. The smallest absolute Gasteiger partial charge is 0.120 e. The van der Waals surface area contributed by atoms with E-state index < -0.39 is 0 Å². The minimum absolute atomic E-state index is 0.0617. The maximum atomic E-state index is 9.06. The predicted molar refractivity (Wildman–Crippen MR) is 71.1 cm³/mol. The first-order valence-electron chi connectivity index (χ1n) is 5.61. The van der Waals surface area contributed by atoms with Crippen molar-refractivity contribution in [2.75, 3.05) is 0 Å². The van der Waals surface area contributed by atoms with Gasteiger partial charge in [-0.05, 0) is 60.1 Å². The van der Waals surface area contributed by atoms with Crippen LogP contribution in [0.3, 0.4) is 0 Å². The van der Waals surface area contributed by atoms with Gasteiger partial charge in [-0.1, -0.05) is 12.5 Å². The molecule has 0 bridgehead atoms. The van der Waals surface area contributed by atoms with E-state index in [2.05, 4.69) is 28.7 Å². The SMILES string of the molecule is N#CC1CCCCC1Oc1cccc(I)c1. The Morgan fingerprint density at radius 2 is 2.12 bits per heavy atom. The second kappa shape index (κ2) is 5.53. The molecular formula is C13H14INO. The summed E-state index contributed by atoms with van der Waals surface area (Å²) >= 11 is 2.27. The average Bonchev–Trinajstić information content (AvgIpc) is 2.30. The fourth-order valence-corrected chi connectivity index (χ4v) is 2.62. The van der Waals surface area contributed by atoms with E-state index in [1.54, 1.807) is 0 Å². The standard InChI is InChI=1S/C13H14INO/c14-11-5-3-6-12(8-11)16-13-7-2-1-4-10(13)9-15/h3,5-6,8,10,13H,1-2,4,7H2. The lowest BCUT2D eigenvalue weighted by atomic mass is 9.87. The highest BCUT2D eigenvalue weighted by molar-refractivity contribution is 14.1. The van der Waals surface area contributed by atoms with Gasteiger partial charge in [0.25, 0.3) is 0 Å². The van der Waals surface area contributed by atoms with Crippen molar-refractivity contribution in [3.63, 3.8) is 0 Å². The van der Waals surface area contributed by atoms with Gasteiger partial charge in [0.1, 0.15) is 11.9 Å². The van der Waals surface area contributed by atoms with Crippen LogP contribution in [0, 0.1) is 20.8 Å². The second-order valence-electron chi connectivity index (χ2n) is 4.13. The molecular weight excluding hydrogens is 313 g/mol. The number of nitriles is 1. The summed E-state index contributed by atoms with van der Waals surface area (Å²) in [6.07, 6.45) is 4.39. The quantitative estimate of drug-likeness (QED) is 0.775. The normalized spacial score (nSPS) is 24.8. The summed E-state index contributed by atoms with van der Waals surface area (Å²) < 4.78 is 7.08. The van der Waals surface area contributed by atoms with Crippen LogP contribution in [0.5, 0.6) is 5.75 Å². The van der Waals surface area contributed by atoms with Gasteiger partial charge in [0, 0.05) is 3.57 Å². The highest BCUT2D eigenvalue weighted by Crippen LogP contribution is 2.28. The third kappa shape index (κ3) is 2.88. The molecule has 1 aliphatic carbocycles. The molecule has 84 valence electrons. The van der Waals surface area contributed by atoms with Crippen LogP contribution in [-0.4, -0.2) is 6.10 Å². The van der Waals surface area contributed by atoms with E-state index in [-0.39, 0.29) is 12.0 Å². The summed E-state index contributed by atoms with van der Waals surface area (Å²) in [6.45, 7) is 0. The second-order valence-corrected chi connectivity index (χ2v) is 5.38. The molecule has 0 heterocycles. The van der Waals surface area contributed by atoms with Crippen molar-refractivity contribution in [1.29, 1.82) is 5.26 Å². The number of ether oxygens (including phenoxy) is 1. The summed E-state index contributed by atoms with van der Waals surface area (Å²) in [4.78, 5) is 0. The molecule has 1 aliphatic rings. The fraction of sp³-hybridized carbons (Fsp3) is 0.462. The largest absolute Gasteiger partial charge is 0.489 e. The van der Waals surface area contributed by atoms with Crippen molar-refractivity contribution in [2.45, 2.75) is 31.8 Å². The first-order chi connectivity index (χ1) is 7.79. The van der Waals surface area contributed by atoms with Gasteiger partial charge < -0.3 is 4.74 Å². The highest BCUT2D eigenvalue weighted by atomic mass is 127. The van der Waals surface area contributed by atoms with Gasteiger partial charge >= 0.3 is 0 Å². The van der Waals surface area contributed by atoms with Gasteiger partial charge in [-0.3, -0.25) is 0 Å². The molecule has 0 aliphatic heterocycles. The summed E-state index contributed by atoms with van der Waals surface area (Å²) in [5.74, 6) is 0.950. The van der Waals surface area contributed by atoms with Crippen LogP contribution < -0.4 is 4.74 Å². The number of benzene rings is 1. The van der Waals surface area contributed by atoms with Crippen LogP contribution >= 0.6 is 22.6 Å². The summed E-state index contributed by atoms with van der Waals surface area (Å²) in [5, 5.41) is 9.06. The lowest BCUT2D eigenvalue weighted by molar-refractivity contribution is 0.120. The van der Waals surface area contributed by atoms with Crippen LogP contribution in [-0.2, 0) is 0 Å². The van der Waals surface area contributed by atoms with Gasteiger partial charge in [0.15, 0.2) is 0 Å². The molecule has 16 heavy (non-hydrogen) atoms. The van der Waals surface area contributed by atoms with Crippen molar-refractivity contribution in [1.82, 2.24) is 0 Å². The lowest BCUT2D eigenvalue weighted by Gasteiger charge is -2.27. The molecule has 0 amide bonds. The van der Waals surface area contributed by atoms with Crippen LogP contribution in [0.15, 0.2) is 24.3 Å². The third-order valence-electron chi connectivity index (χ3n) is 2.95. The van der Waals surface area contributed by atoms with Crippen molar-refractivity contribution in [3.05, 3.63) is 27.8 Å². The van der Waals surface area contributed by atoms with Crippen molar-refractivity contribution in [2.24, 2.45) is 5.92 Å². The molecule has 1 aromatic rings. The maximum absolute atomic E-state index is 9.06. The number of nitrogens with zero attached hydrogens (tertiary/aromatic N) is 1. The Morgan fingerprint density at radius 3 is 2.88 bits per heavy atom. The van der Waals surface area contributed by atoms with E-state index in [1.165, 1.54) is 9.99 Å². The first kappa shape index (κ1) is 11.7. The molecule has 2 nitrogen and oxygen atoms in total. The van der Waals surface area contributed by atoms with Crippen LogP contribution in [0.4, 0.5) is 0 Å². The molecule has 0 radical (unpaired) electrons. The Kier molecular flexibility index (Phi) is 4.05. The Hall–Kier alpha value is -0.760. The summed E-state index contributed by atoms with van der Waals surface area (Å²) in [6, 6.07) is 10.4. The molecule has 0 saturated heterocycles. The first-order valence-corrected chi connectivity index (χ1v) is 6.69. The van der Waals surface area contributed by atoms with Gasteiger partial charge in [0.05, 0.1) is 12.0 Å². The Balaban J connectivity index is 2.05. The van der Waals surface area contributed by atoms with E-state index in [9.17, 15) is 0 Å². The molecule has 1 fully saturated rings. The van der Waals surface area contributed by atoms with E-state index >= 15 is 0 Å². The van der Waals surface area contributed by atoms with Crippen molar-refractivity contribution < 1.29 is 4.74 Å². The average molecular weight is 327 g/mol. The van der Waals surface area contributed by atoms with Crippen LogP contribution in [0.25, 0.3) is 0 Å². The van der Waals surface area contributed by atoms with Crippen molar-refractivity contribution in [3.8, 4) is 11.8 Å². The predicted octanol–water partition coefficient (Wildman–Crippen LogP) is 3.75.